The number of phenolic OH excluding ortho intramolecular Hbond substituents is 1. The molecule has 0 aliphatic heterocycles. The Labute approximate surface area is 202 Å². The van der Waals surface area contributed by atoms with Gasteiger partial charge in [-0.3, -0.25) is 0 Å². The summed E-state index contributed by atoms with van der Waals surface area (Å²) in [4.78, 5) is 0. The van der Waals surface area contributed by atoms with Crippen LogP contribution in [-0.4, -0.2) is 43.8 Å². The van der Waals surface area contributed by atoms with Gasteiger partial charge in [-0.25, -0.2) is 4.57 Å². The monoisotopic (exact) mass is 469 g/mol. The largest absolute Gasteiger partial charge is 0.507 e. The van der Waals surface area contributed by atoms with Gasteiger partial charge in [0.2, 0.25) is 0 Å². The zero-order valence-corrected chi connectivity index (χ0v) is 19.7. The molecule has 2 heterocycles. The van der Waals surface area contributed by atoms with Crippen LogP contribution in [0.3, 0.4) is 0 Å². The Morgan fingerprint density at radius 2 is 1.74 bits per heavy atom. The smallest absolute Gasteiger partial charge is 0.319 e. The van der Waals surface area contributed by atoms with Gasteiger partial charge in [0.15, 0.2) is 17.3 Å². The molecule has 8 heteroatoms. The average Bonchev–Trinajstić information content (AvgIpc) is 3.45. The lowest BCUT2D eigenvalue weighted by atomic mass is 10.0. The number of fused-ring (bicyclic) bond motifs is 1. The molecule has 5 rings (SSSR count). The minimum atomic E-state index is -0.255. The van der Waals surface area contributed by atoms with E-state index in [1.54, 1.807) is 14.2 Å². The number of ether oxygens (including phenoxy) is 2. The van der Waals surface area contributed by atoms with Crippen molar-refractivity contribution in [2.24, 2.45) is 7.05 Å². The summed E-state index contributed by atoms with van der Waals surface area (Å²) in [6.45, 7) is 0. The molecule has 2 N–H and O–H groups in total. The van der Waals surface area contributed by atoms with Gasteiger partial charge in [0, 0.05) is 24.1 Å². The number of aryl methyl sites for hydroxylation is 3. The number of nitrogens with zero attached hydrogens (tertiary/aromatic N) is 4. The molecule has 1 radical (unpaired) electrons. The van der Waals surface area contributed by atoms with Crippen LogP contribution in [0.15, 0.2) is 60.8 Å². The molecular formula is C27H25N4O4. The highest BCUT2D eigenvalue weighted by Gasteiger charge is 2.19. The molecule has 0 spiro atoms. The van der Waals surface area contributed by atoms with E-state index in [0.717, 1.165) is 28.5 Å². The van der Waals surface area contributed by atoms with Crippen LogP contribution in [0.25, 0.3) is 28.0 Å². The van der Waals surface area contributed by atoms with Gasteiger partial charge in [-0.15, -0.1) is 5.10 Å². The Morgan fingerprint density at radius 3 is 2.54 bits per heavy atom. The van der Waals surface area contributed by atoms with Gasteiger partial charge in [0.25, 0.3) is 0 Å². The van der Waals surface area contributed by atoms with Crippen molar-refractivity contribution in [3.63, 3.8) is 0 Å². The number of phenols is 1. The van der Waals surface area contributed by atoms with Gasteiger partial charge in [-0.1, -0.05) is 11.2 Å². The van der Waals surface area contributed by atoms with Gasteiger partial charge in [-0.05, 0) is 78.6 Å². The van der Waals surface area contributed by atoms with E-state index in [4.69, 9.17) is 9.47 Å². The summed E-state index contributed by atoms with van der Waals surface area (Å²) >= 11 is 0. The van der Waals surface area contributed by atoms with E-state index < -0.39 is 0 Å². The summed E-state index contributed by atoms with van der Waals surface area (Å²) in [6.07, 6.45) is 3.40. The highest BCUT2D eigenvalue weighted by molar-refractivity contribution is 5.83. The summed E-state index contributed by atoms with van der Waals surface area (Å²) in [5.41, 5.74) is 4.20. The second-order valence-corrected chi connectivity index (χ2v) is 8.28. The Hall–Kier alpha value is -4.46. The number of aromatic nitrogens is 4. The van der Waals surface area contributed by atoms with Crippen LogP contribution in [-0.2, 0) is 19.9 Å². The number of aromatic hydroxyl groups is 2. The van der Waals surface area contributed by atoms with E-state index >= 15 is 0 Å². The first-order valence-corrected chi connectivity index (χ1v) is 11.1. The van der Waals surface area contributed by atoms with Gasteiger partial charge >= 0.3 is 6.01 Å². The van der Waals surface area contributed by atoms with E-state index in [-0.39, 0.29) is 11.8 Å². The van der Waals surface area contributed by atoms with Crippen molar-refractivity contribution in [3.8, 4) is 40.3 Å². The van der Waals surface area contributed by atoms with Crippen LogP contribution >= 0.6 is 0 Å². The molecule has 0 unspecified atom stereocenters. The Bertz CT molecular complexity index is 1520. The van der Waals surface area contributed by atoms with Crippen molar-refractivity contribution < 1.29 is 19.7 Å². The quantitative estimate of drug-likeness (QED) is 0.366. The van der Waals surface area contributed by atoms with E-state index in [1.807, 2.05) is 66.3 Å². The van der Waals surface area contributed by atoms with E-state index in [9.17, 15) is 10.2 Å². The normalized spacial score (nSPS) is 11.2. The standard InChI is InChI=1S/C27H25N4O4/c1-30-13-12-19-16-20(8-9-22(19)30)31-26(28-29-27(31)33)21-14-17(6-10-23(21)32)4-5-18-7-11-24(34-2)25(15-18)35-3/h7-16,32H,4-5H2,1-3H3,(H,29,33). The summed E-state index contributed by atoms with van der Waals surface area (Å²) in [7, 11) is 5.20. The zero-order chi connectivity index (χ0) is 24.5. The van der Waals surface area contributed by atoms with E-state index in [2.05, 4.69) is 16.3 Å². The number of benzene rings is 3. The summed E-state index contributed by atoms with van der Waals surface area (Å²) in [5, 5.41) is 30.2. The van der Waals surface area contributed by atoms with E-state index in [0.29, 0.717) is 35.0 Å². The third-order valence-electron chi connectivity index (χ3n) is 6.13. The lowest BCUT2D eigenvalue weighted by Gasteiger charge is -2.12. The molecule has 0 atom stereocenters. The first-order chi connectivity index (χ1) is 17.0. The van der Waals surface area contributed by atoms with Crippen molar-refractivity contribution in [1.82, 2.24) is 19.3 Å². The van der Waals surface area contributed by atoms with Crippen LogP contribution in [0, 0.1) is 6.07 Å². The second-order valence-electron chi connectivity index (χ2n) is 8.28. The van der Waals surface area contributed by atoms with E-state index in [1.165, 1.54) is 10.6 Å². The maximum absolute atomic E-state index is 10.6. The third-order valence-corrected chi connectivity index (χ3v) is 6.13. The van der Waals surface area contributed by atoms with Gasteiger partial charge in [-0.2, -0.15) is 0 Å². The van der Waals surface area contributed by atoms with Gasteiger partial charge in [0.1, 0.15) is 5.75 Å². The molecule has 35 heavy (non-hydrogen) atoms. The lowest BCUT2D eigenvalue weighted by Crippen LogP contribution is -1.99. The first kappa shape index (κ1) is 22.3. The third kappa shape index (κ3) is 4.14. The molecule has 0 amide bonds. The molecular weight excluding hydrogens is 444 g/mol. The van der Waals surface area contributed by atoms with Crippen LogP contribution < -0.4 is 9.47 Å². The molecule has 5 aromatic rings. The molecule has 0 aliphatic carbocycles. The molecule has 0 bridgehead atoms. The molecule has 8 nitrogen and oxygen atoms in total. The van der Waals surface area contributed by atoms with Crippen molar-refractivity contribution in [3.05, 3.63) is 78.0 Å². The highest BCUT2D eigenvalue weighted by atomic mass is 16.5. The minimum absolute atomic E-state index is 0.00862. The fraction of sp³-hybridized carbons (Fsp3) is 0.185. The predicted octanol–water partition coefficient (Wildman–Crippen LogP) is 4.44. The summed E-state index contributed by atoms with van der Waals surface area (Å²) in [5.74, 6) is 1.72. The molecule has 0 fully saturated rings. The lowest BCUT2D eigenvalue weighted by molar-refractivity contribution is 0.354. The molecule has 177 valence electrons. The van der Waals surface area contributed by atoms with Gasteiger partial charge in [0.05, 0.1) is 25.5 Å². The molecule has 0 saturated carbocycles. The highest BCUT2D eigenvalue weighted by Crippen LogP contribution is 2.34. The summed E-state index contributed by atoms with van der Waals surface area (Å²) in [6, 6.07) is 19.9. The number of rotatable bonds is 7. The van der Waals surface area contributed by atoms with Crippen LogP contribution in [0.1, 0.15) is 11.1 Å². The topological polar surface area (TPSA) is 94.6 Å². The molecule has 0 aliphatic rings. The second kappa shape index (κ2) is 9.06. The molecule has 2 aromatic heterocycles. The SMILES string of the molecule is COc1ccc(CCc2[c]cc(O)c(-c3nnc(O)n3-c3ccc4c(ccn4C)c3)c2)cc1OC. The Morgan fingerprint density at radius 1 is 0.914 bits per heavy atom. The van der Waals surface area contributed by atoms with Gasteiger partial charge < -0.3 is 24.3 Å². The van der Waals surface area contributed by atoms with Crippen molar-refractivity contribution in [2.45, 2.75) is 12.8 Å². The van der Waals surface area contributed by atoms with Crippen LogP contribution in [0.5, 0.6) is 23.3 Å². The van der Waals surface area contributed by atoms with Crippen molar-refractivity contribution in [1.29, 1.82) is 0 Å². The fourth-order valence-electron chi connectivity index (χ4n) is 4.26. The molecule has 0 saturated heterocycles. The van der Waals surface area contributed by atoms with Crippen molar-refractivity contribution >= 4 is 10.9 Å². The Kier molecular flexibility index (Phi) is 5.78. The van der Waals surface area contributed by atoms with Crippen molar-refractivity contribution in [2.75, 3.05) is 14.2 Å². The Balaban J connectivity index is 1.46. The number of methoxy groups -OCH3 is 2. The van der Waals surface area contributed by atoms with Crippen LogP contribution in [0.2, 0.25) is 0 Å². The predicted molar refractivity (Wildman–Crippen MR) is 132 cm³/mol. The number of hydrogen-bond donors (Lipinski definition) is 2. The molecule has 3 aromatic carbocycles. The summed E-state index contributed by atoms with van der Waals surface area (Å²) < 4.78 is 14.3. The van der Waals surface area contributed by atoms with Crippen LogP contribution in [0.4, 0.5) is 0 Å². The minimum Gasteiger partial charge on any atom is -0.507 e. The maximum atomic E-state index is 10.6. The zero-order valence-electron chi connectivity index (χ0n) is 19.7. The average molecular weight is 470 g/mol. The maximum Gasteiger partial charge on any atom is 0.319 e. The number of hydrogen-bond acceptors (Lipinski definition) is 6. The first-order valence-electron chi connectivity index (χ1n) is 11.1. The fourth-order valence-corrected chi connectivity index (χ4v) is 4.26.